The van der Waals surface area contributed by atoms with Gasteiger partial charge in [0, 0.05) is 12.1 Å². The number of nitrogen functional groups attached to an aromatic ring is 1. The van der Waals surface area contributed by atoms with Crippen molar-refractivity contribution < 1.29 is 9.21 Å². The summed E-state index contributed by atoms with van der Waals surface area (Å²) in [6.45, 7) is 0.518. The van der Waals surface area contributed by atoms with E-state index in [9.17, 15) is 4.79 Å². The van der Waals surface area contributed by atoms with Crippen LogP contribution < -0.4 is 11.3 Å². The fourth-order valence-corrected chi connectivity index (χ4v) is 1.88. The molecule has 0 aliphatic heterocycles. The maximum Gasteiger partial charge on any atom is 0.300 e. The van der Waals surface area contributed by atoms with E-state index in [1.54, 1.807) is 12.1 Å². The van der Waals surface area contributed by atoms with Crippen LogP contribution in [0, 0.1) is 0 Å². The van der Waals surface area contributed by atoms with Crippen LogP contribution in [0.15, 0.2) is 28.8 Å². The molecule has 0 unspecified atom stereocenters. The fraction of sp³-hybridized carbons (Fsp3) is 0.333. The van der Waals surface area contributed by atoms with Crippen LogP contribution in [-0.2, 0) is 6.54 Å². The third-order valence-electron chi connectivity index (χ3n) is 2.99. The summed E-state index contributed by atoms with van der Waals surface area (Å²) in [5.41, 5.74) is 3.17. The van der Waals surface area contributed by atoms with E-state index in [4.69, 9.17) is 10.3 Å². The van der Waals surface area contributed by atoms with Gasteiger partial charge in [0.2, 0.25) is 0 Å². The molecule has 0 bridgehead atoms. The minimum atomic E-state index is -0.430. The maximum absolute atomic E-state index is 11.2. The Balaban J connectivity index is 1.71. The molecule has 2 aromatic rings. The number of nitrogens with zero attached hydrogens (tertiary/aromatic N) is 2. The first kappa shape index (κ1) is 11.0. The standard InChI is InChI=1S/C12H14N4O2/c13-14-12(17)11-4-3-9(18-11)7-16-6-5-10(15-16)8-1-2-8/h3-6,8H,1-2,7,13H2,(H,14,17). The van der Waals surface area contributed by atoms with Crippen molar-refractivity contribution >= 4 is 5.91 Å². The molecule has 0 aromatic carbocycles. The van der Waals surface area contributed by atoms with E-state index >= 15 is 0 Å². The molecule has 1 amide bonds. The molecule has 0 spiro atoms. The van der Waals surface area contributed by atoms with Crippen molar-refractivity contribution in [1.29, 1.82) is 0 Å². The lowest BCUT2D eigenvalue weighted by atomic mass is 10.3. The van der Waals surface area contributed by atoms with Crippen LogP contribution in [-0.4, -0.2) is 15.7 Å². The summed E-state index contributed by atoms with van der Waals surface area (Å²) in [7, 11) is 0. The predicted octanol–water partition coefficient (Wildman–Crippen LogP) is 1.01. The molecule has 1 fully saturated rings. The first-order chi connectivity index (χ1) is 8.76. The third kappa shape index (κ3) is 2.14. The number of hydrogen-bond donors (Lipinski definition) is 2. The second kappa shape index (κ2) is 4.30. The van der Waals surface area contributed by atoms with Gasteiger partial charge < -0.3 is 4.42 Å². The van der Waals surface area contributed by atoms with Gasteiger partial charge in [0.15, 0.2) is 5.76 Å². The highest BCUT2D eigenvalue weighted by Gasteiger charge is 2.25. The van der Waals surface area contributed by atoms with Gasteiger partial charge in [-0.15, -0.1) is 0 Å². The second-order valence-electron chi connectivity index (χ2n) is 4.45. The van der Waals surface area contributed by atoms with E-state index in [0.29, 0.717) is 18.2 Å². The zero-order valence-corrected chi connectivity index (χ0v) is 9.80. The van der Waals surface area contributed by atoms with Crippen molar-refractivity contribution in [1.82, 2.24) is 15.2 Å². The van der Waals surface area contributed by atoms with Gasteiger partial charge in [0.1, 0.15) is 5.76 Å². The molecule has 1 saturated carbocycles. The number of nitrogens with one attached hydrogen (secondary N) is 1. The Morgan fingerprint density at radius 2 is 2.33 bits per heavy atom. The number of nitrogens with two attached hydrogens (primary N) is 1. The number of aromatic nitrogens is 2. The zero-order chi connectivity index (χ0) is 12.5. The van der Waals surface area contributed by atoms with Crippen molar-refractivity contribution in [3.8, 4) is 0 Å². The van der Waals surface area contributed by atoms with Crippen molar-refractivity contribution in [2.45, 2.75) is 25.3 Å². The fourth-order valence-electron chi connectivity index (χ4n) is 1.88. The molecule has 3 N–H and O–H groups in total. The molecule has 1 aliphatic rings. The number of rotatable bonds is 4. The SMILES string of the molecule is NNC(=O)c1ccc(Cn2ccc(C3CC3)n2)o1. The lowest BCUT2D eigenvalue weighted by Gasteiger charge is -1.98. The van der Waals surface area contributed by atoms with Crippen molar-refractivity contribution in [3.63, 3.8) is 0 Å². The highest BCUT2D eigenvalue weighted by Crippen LogP contribution is 2.38. The van der Waals surface area contributed by atoms with Gasteiger partial charge in [-0.1, -0.05) is 0 Å². The number of hydrazine groups is 1. The third-order valence-corrected chi connectivity index (χ3v) is 2.99. The van der Waals surface area contributed by atoms with Gasteiger partial charge in [0.05, 0.1) is 12.2 Å². The van der Waals surface area contributed by atoms with Gasteiger partial charge in [-0.2, -0.15) is 5.10 Å². The van der Waals surface area contributed by atoms with Crippen molar-refractivity contribution in [2.24, 2.45) is 5.84 Å². The van der Waals surface area contributed by atoms with Gasteiger partial charge in [-0.05, 0) is 31.0 Å². The number of hydrogen-bond acceptors (Lipinski definition) is 4. The number of amides is 1. The van der Waals surface area contributed by atoms with E-state index in [-0.39, 0.29) is 5.76 Å². The Morgan fingerprint density at radius 3 is 3.06 bits per heavy atom. The number of furan rings is 1. The molecule has 0 saturated heterocycles. The average Bonchev–Trinajstić information content (AvgIpc) is 2.96. The van der Waals surface area contributed by atoms with E-state index in [0.717, 1.165) is 5.69 Å². The highest BCUT2D eigenvalue weighted by molar-refractivity contribution is 5.90. The first-order valence-electron chi connectivity index (χ1n) is 5.89. The largest absolute Gasteiger partial charge is 0.454 e. The van der Waals surface area contributed by atoms with E-state index in [1.165, 1.54) is 12.8 Å². The highest BCUT2D eigenvalue weighted by atomic mass is 16.4. The van der Waals surface area contributed by atoms with Gasteiger partial charge >= 0.3 is 5.91 Å². The summed E-state index contributed by atoms with van der Waals surface area (Å²) < 4.78 is 7.19. The van der Waals surface area contributed by atoms with Gasteiger partial charge in [-0.3, -0.25) is 14.9 Å². The van der Waals surface area contributed by atoms with Crippen LogP contribution in [0.25, 0.3) is 0 Å². The average molecular weight is 246 g/mol. The van der Waals surface area contributed by atoms with Gasteiger partial charge in [0.25, 0.3) is 0 Å². The van der Waals surface area contributed by atoms with Crippen LogP contribution in [0.3, 0.4) is 0 Å². The molecule has 3 rings (SSSR count). The summed E-state index contributed by atoms with van der Waals surface area (Å²) in [6.07, 6.45) is 4.40. The molecule has 0 atom stereocenters. The molecule has 0 radical (unpaired) electrons. The Morgan fingerprint density at radius 1 is 1.50 bits per heavy atom. The Hall–Kier alpha value is -2.08. The van der Waals surface area contributed by atoms with Crippen LogP contribution in [0.1, 0.15) is 40.8 Å². The van der Waals surface area contributed by atoms with Crippen LogP contribution in [0.5, 0.6) is 0 Å². The Labute approximate surface area is 104 Å². The summed E-state index contributed by atoms with van der Waals surface area (Å²) in [5, 5.41) is 4.47. The van der Waals surface area contributed by atoms with E-state index < -0.39 is 5.91 Å². The van der Waals surface area contributed by atoms with Gasteiger partial charge in [-0.25, -0.2) is 5.84 Å². The summed E-state index contributed by atoms with van der Waals surface area (Å²) >= 11 is 0. The lowest BCUT2D eigenvalue weighted by molar-refractivity contribution is 0.0924. The monoisotopic (exact) mass is 246 g/mol. The topological polar surface area (TPSA) is 86.1 Å². The van der Waals surface area contributed by atoms with E-state index in [2.05, 4.69) is 5.10 Å². The van der Waals surface area contributed by atoms with Crippen LogP contribution >= 0.6 is 0 Å². The van der Waals surface area contributed by atoms with Crippen molar-refractivity contribution in [3.05, 3.63) is 41.6 Å². The minimum Gasteiger partial charge on any atom is -0.454 e. The zero-order valence-electron chi connectivity index (χ0n) is 9.80. The Bertz CT molecular complexity index is 568. The smallest absolute Gasteiger partial charge is 0.300 e. The molecule has 2 aromatic heterocycles. The quantitative estimate of drug-likeness (QED) is 0.479. The summed E-state index contributed by atoms with van der Waals surface area (Å²) in [6, 6.07) is 5.39. The maximum atomic E-state index is 11.2. The summed E-state index contributed by atoms with van der Waals surface area (Å²) in [4.78, 5) is 11.2. The molecular formula is C12H14N4O2. The molecule has 6 heteroatoms. The molecular weight excluding hydrogens is 232 g/mol. The Kier molecular flexibility index (Phi) is 2.64. The van der Waals surface area contributed by atoms with E-state index in [1.807, 2.05) is 22.4 Å². The summed E-state index contributed by atoms with van der Waals surface area (Å²) in [5.74, 6) is 6.13. The number of carbonyl (C=O) groups is 1. The molecule has 94 valence electrons. The number of carbonyl (C=O) groups excluding carboxylic acids is 1. The second-order valence-corrected chi connectivity index (χ2v) is 4.45. The normalized spacial score (nSPS) is 14.7. The molecule has 18 heavy (non-hydrogen) atoms. The van der Waals surface area contributed by atoms with Crippen LogP contribution in [0.4, 0.5) is 0 Å². The van der Waals surface area contributed by atoms with Crippen molar-refractivity contribution in [2.75, 3.05) is 0 Å². The molecule has 2 heterocycles. The molecule has 1 aliphatic carbocycles. The minimum absolute atomic E-state index is 0.210. The predicted molar refractivity (Wildman–Crippen MR) is 63.7 cm³/mol. The molecule has 6 nitrogen and oxygen atoms in total. The first-order valence-corrected chi connectivity index (χ1v) is 5.89. The van der Waals surface area contributed by atoms with Crippen LogP contribution in [0.2, 0.25) is 0 Å². The lowest BCUT2D eigenvalue weighted by Crippen LogP contribution is -2.29.